The third kappa shape index (κ3) is 4.51. The highest BCUT2D eigenvalue weighted by molar-refractivity contribution is 7.90. The first kappa shape index (κ1) is 18.8. The fourth-order valence-corrected chi connectivity index (χ4v) is 3.51. The third-order valence-electron chi connectivity index (χ3n) is 3.42. The minimum absolute atomic E-state index is 0.0688. The Morgan fingerprint density at radius 3 is 2.28 bits per heavy atom. The predicted octanol–water partition coefficient (Wildman–Crippen LogP) is 2.91. The van der Waals surface area contributed by atoms with E-state index in [1.54, 1.807) is 31.2 Å². The summed E-state index contributed by atoms with van der Waals surface area (Å²) in [6.45, 7) is 6.17. The van der Waals surface area contributed by atoms with Gasteiger partial charge in [0.2, 0.25) is 0 Å². The third-order valence-corrected chi connectivity index (χ3v) is 4.91. The summed E-state index contributed by atoms with van der Waals surface area (Å²) in [7, 11) is -3.96. The highest BCUT2D eigenvalue weighted by Crippen LogP contribution is 2.28. The van der Waals surface area contributed by atoms with E-state index in [4.69, 9.17) is 9.47 Å². The fraction of sp³-hybridized carbons (Fsp3) is 0.278. The molecule has 0 atom stereocenters. The molecule has 0 bridgehead atoms. The average Bonchev–Trinajstić information content (AvgIpc) is 2.56. The van der Waals surface area contributed by atoms with E-state index < -0.39 is 15.9 Å². The van der Waals surface area contributed by atoms with E-state index >= 15 is 0 Å². The number of benzene rings is 2. The van der Waals surface area contributed by atoms with Gasteiger partial charge in [-0.2, -0.15) is 0 Å². The van der Waals surface area contributed by atoms with Crippen molar-refractivity contribution in [2.24, 2.45) is 0 Å². The summed E-state index contributed by atoms with van der Waals surface area (Å²) in [6, 6.07) is 11.0. The van der Waals surface area contributed by atoms with Gasteiger partial charge in [0.25, 0.3) is 15.9 Å². The van der Waals surface area contributed by atoms with Gasteiger partial charge < -0.3 is 9.47 Å². The van der Waals surface area contributed by atoms with E-state index in [2.05, 4.69) is 4.72 Å². The number of sulfonamides is 1. The second kappa shape index (κ2) is 8.02. The van der Waals surface area contributed by atoms with Crippen LogP contribution in [0, 0.1) is 6.92 Å². The number of carbonyl (C=O) groups is 1. The van der Waals surface area contributed by atoms with Gasteiger partial charge in [-0.05, 0) is 50.6 Å². The Bertz CT molecular complexity index is 862. The standard InChI is InChI=1S/C18H21NO5S/c1-4-23-15-11-10-14(12-16(15)24-5-2)18(20)19-25(21,22)17-9-7-6-8-13(17)3/h6-12H,4-5H2,1-3H3,(H,19,20). The number of ether oxygens (including phenoxy) is 2. The van der Waals surface area contributed by atoms with E-state index in [1.807, 2.05) is 13.8 Å². The largest absolute Gasteiger partial charge is 0.490 e. The fourth-order valence-electron chi connectivity index (χ4n) is 2.29. The zero-order chi connectivity index (χ0) is 18.4. The molecule has 0 aliphatic carbocycles. The van der Waals surface area contributed by atoms with Gasteiger partial charge in [-0.15, -0.1) is 0 Å². The molecule has 6 nitrogen and oxygen atoms in total. The Kier molecular flexibility index (Phi) is 6.03. The highest BCUT2D eigenvalue weighted by Gasteiger charge is 2.21. The number of carbonyl (C=O) groups excluding carboxylic acids is 1. The first-order chi connectivity index (χ1) is 11.9. The summed E-state index contributed by atoms with van der Waals surface area (Å²) in [5.74, 6) is 0.167. The van der Waals surface area contributed by atoms with Crippen molar-refractivity contribution >= 4 is 15.9 Å². The maximum absolute atomic E-state index is 12.4. The van der Waals surface area contributed by atoms with Crippen molar-refractivity contribution in [1.82, 2.24) is 4.72 Å². The summed E-state index contributed by atoms with van der Waals surface area (Å²) in [4.78, 5) is 12.5. The van der Waals surface area contributed by atoms with Crippen molar-refractivity contribution in [3.05, 3.63) is 53.6 Å². The molecule has 2 aromatic carbocycles. The summed E-state index contributed by atoms with van der Waals surface area (Å²) in [5.41, 5.74) is 0.730. The van der Waals surface area contributed by atoms with Crippen LogP contribution in [-0.4, -0.2) is 27.5 Å². The Morgan fingerprint density at radius 1 is 1.00 bits per heavy atom. The van der Waals surface area contributed by atoms with Crippen LogP contribution in [-0.2, 0) is 10.0 Å². The SMILES string of the molecule is CCOc1ccc(C(=O)NS(=O)(=O)c2ccccc2C)cc1OCC. The van der Waals surface area contributed by atoms with Gasteiger partial charge in [-0.1, -0.05) is 18.2 Å². The van der Waals surface area contributed by atoms with Crippen LogP contribution in [0.2, 0.25) is 0 Å². The van der Waals surface area contributed by atoms with E-state index in [-0.39, 0.29) is 10.5 Å². The molecule has 0 saturated carbocycles. The van der Waals surface area contributed by atoms with Crippen molar-refractivity contribution in [3.8, 4) is 11.5 Å². The minimum atomic E-state index is -3.96. The molecule has 25 heavy (non-hydrogen) atoms. The smallest absolute Gasteiger partial charge is 0.265 e. The molecule has 1 amide bonds. The Hall–Kier alpha value is -2.54. The molecule has 0 heterocycles. The predicted molar refractivity (Wildman–Crippen MR) is 94.6 cm³/mol. The average molecular weight is 363 g/mol. The van der Waals surface area contributed by atoms with E-state index in [0.717, 1.165) is 0 Å². The van der Waals surface area contributed by atoms with Crippen molar-refractivity contribution in [2.45, 2.75) is 25.7 Å². The van der Waals surface area contributed by atoms with Gasteiger partial charge in [0.05, 0.1) is 18.1 Å². The first-order valence-electron chi connectivity index (χ1n) is 7.91. The lowest BCUT2D eigenvalue weighted by molar-refractivity contribution is 0.0981. The molecule has 0 radical (unpaired) electrons. The van der Waals surface area contributed by atoms with Crippen molar-refractivity contribution in [1.29, 1.82) is 0 Å². The topological polar surface area (TPSA) is 81.7 Å². The minimum Gasteiger partial charge on any atom is -0.490 e. The Labute approximate surface area is 147 Å². The number of aryl methyl sites for hydroxylation is 1. The number of amides is 1. The van der Waals surface area contributed by atoms with Crippen molar-refractivity contribution in [3.63, 3.8) is 0 Å². The number of hydrogen-bond donors (Lipinski definition) is 1. The monoisotopic (exact) mass is 363 g/mol. The summed E-state index contributed by atoms with van der Waals surface area (Å²) < 4.78 is 37.8. The van der Waals surface area contributed by atoms with Gasteiger partial charge >= 0.3 is 0 Å². The molecule has 0 saturated heterocycles. The Morgan fingerprint density at radius 2 is 1.64 bits per heavy atom. The van der Waals surface area contributed by atoms with Crippen LogP contribution in [0.4, 0.5) is 0 Å². The zero-order valence-electron chi connectivity index (χ0n) is 14.4. The number of hydrogen-bond acceptors (Lipinski definition) is 5. The number of nitrogens with one attached hydrogen (secondary N) is 1. The molecular formula is C18H21NO5S. The maximum Gasteiger partial charge on any atom is 0.265 e. The van der Waals surface area contributed by atoms with Crippen LogP contribution in [0.25, 0.3) is 0 Å². The van der Waals surface area contributed by atoms with Gasteiger partial charge in [-0.3, -0.25) is 4.79 Å². The van der Waals surface area contributed by atoms with Gasteiger partial charge in [0, 0.05) is 5.56 Å². The zero-order valence-corrected chi connectivity index (χ0v) is 15.2. The highest BCUT2D eigenvalue weighted by atomic mass is 32.2. The molecule has 2 aromatic rings. The van der Waals surface area contributed by atoms with Crippen LogP contribution in [0.1, 0.15) is 29.8 Å². The van der Waals surface area contributed by atoms with Crippen molar-refractivity contribution in [2.75, 3.05) is 13.2 Å². The molecule has 0 spiro atoms. The van der Waals surface area contributed by atoms with E-state index in [0.29, 0.717) is 30.3 Å². The molecule has 0 unspecified atom stereocenters. The molecule has 134 valence electrons. The molecule has 2 rings (SSSR count). The van der Waals surface area contributed by atoms with Crippen LogP contribution in [0.5, 0.6) is 11.5 Å². The lowest BCUT2D eigenvalue weighted by Crippen LogP contribution is -2.31. The van der Waals surface area contributed by atoms with Crippen molar-refractivity contribution < 1.29 is 22.7 Å². The quantitative estimate of drug-likeness (QED) is 0.818. The van der Waals surface area contributed by atoms with Crippen LogP contribution in [0.3, 0.4) is 0 Å². The molecule has 0 fully saturated rings. The second-order valence-electron chi connectivity index (χ2n) is 5.23. The van der Waals surface area contributed by atoms with E-state index in [9.17, 15) is 13.2 Å². The second-order valence-corrected chi connectivity index (χ2v) is 6.88. The lowest BCUT2D eigenvalue weighted by atomic mass is 10.2. The molecule has 1 N–H and O–H groups in total. The van der Waals surface area contributed by atoms with Crippen LogP contribution < -0.4 is 14.2 Å². The summed E-state index contributed by atoms with van der Waals surface area (Å²) in [6.07, 6.45) is 0. The Balaban J connectivity index is 2.29. The normalized spacial score (nSPS) is 11.0. The molecule has 7 heteroatoms. The van der Waals surface area contributed by atoms with Crippen LogP contribution in [0.15, 0.2) is 47.4 Å². The van der Waals surface area contributed by atoms with E-state index in [1.165, 1.54) is 18.2 Å². The van der Waals surface area contributed by atoms with Gasteiger partial charge in [0.1, 0.15) is 0 Å². The molecule has 0 aliphatic heterocycles. The van der Waals surface area contributed by atoms with Gasteiger partial charge in [-0.25, -0.2) is 13.1 Å². The molecule has 0 aromatic heterocycles. The van der Waals surface area contributed by atoms with Crippen LogP contribution >= 0.6 is 0 Å². The number of rotatable bonds is 7. The summed E-state index contributed by atoms with van der Waals surface area (Å²) in [5, 5.41) is 0. The van der Waals surface area contributed by atoms with Gasteiger partial charge in [0.15, 0.2) is 11.5 Å². The lowest BCUT2D eigenvalue weighted by Gasteiger charge is -2.13. The first-order valence-corrected chi connectivity index (χ1v) is 9.39. The molecule has 0 aliphatic rings. The maximum atomic E-state index is 12.4. The summed E-state index contributed by atoms with van der Waals surface area (Å²) >= 11 is 0. The molecular weight excluding hydrogens is 342 g/mol.